The van der Waals surface area contributed by atoms with Gasteiger partial charge in [0.15, 0.2) is 0 Å². The molecule has 1 aromatic rings. The van der Waals surface area contributed by atoms with Crippen LogP contribution in [-0.2, 0) is 14.4 Å². The van der Waals surface area contributed by atoms with Crippen molar-refractivity contribution >= 4 is 23.4 Å². The van der Waals surface area contributed by atoms with Gasteiger partial charge in [0, 0.05) is 18.3 Å². The first-order valence-electron chi connectivity index (χ1n) is 4.99. The Bertz CT molecular complexity index is 512. The molecule has 0 saturated carbocycles. The Morgan fingerprint density at radius 2 is 2.00 bits per heavy atom. The van der Waals surface area contributed by atoms with Gasteiger partial charge >= 0.3 is 11.8 Å². The van der Waals surface area contributed by atoms with E-state index < -0.39 is 17.9 Å². The van der Waals surface area contributed by atoms with Gasteiger partial charge in [0.25, 0.3) is 5.91 Å². The van der Waals surface area contributed by atoms with E-state index >= 15 is 0 Å². The molecule has 0 aliphatic carbocycles. The number of nitrogens with zero attached hydrogens (tertiary/aromatic N) is 1. The van der Waals surface area contributed by atoms with E-state index in [4.69, 9.17) is 5.73 Å². The van der Waals surface area contributed by atoms with E-state index in [0.29, 0.717) is 11.3 Å². The lowest BCUT2D eigenvalue weighted by molar-refractivity contribution is -0.138. The van der Waals surface area contributed by atoms with E-state index in [2.05, 4.69) is 5.32 Å². The largest absolute Gasteiger partial charge is 0.361 e. The summed E-state index contributed by atoms with van der Waals surface area (Å²) in [4.78, 5) is 35.2. The number of hydrogen-bond donors (Lipinski definition) is 2. The molecule has 1 heterocycles. The van der Waals surface area contributed by atoms with Gasteiger partial charge in [-0.15, -0.1) is 0 Å². The fourth-order valence-electron chi connectivity index (χ4n) is 1.82. The maximum Gasteiger partial charge on any atom is 0.309 e. The lowest BCUT2D eigenvalue weighted by atomic mass is 10.1. The molecule has 0 spiro atoms. The maximum atomic E-state index is 11.9. The van der Waals surface area contributed by atoms with Crippen molar-refractivity contribution in [3.05, 3.63) is 29.8 Å². The van der Waals surface area contributed by atoms with Gasteiger partial charge in [0.05, 0.1) is 0 Å². The van der Waals surface area contributed by atoms with Crippen LogP contribution in [0.25, 0.3) is 0 Å². The number of amides is 3. The SMILES string of the molecule is CN1C(=O)[C@@H](NC(=O)C(N)=O)c2ccccc21. The van der Waals surface area contributed by atoms with Gasteiger partial charge < -0.3 is 16.0 Å². The van der Waals surface area contributed by atoms with Gasteiger partial charge in [-0.2, -0.15) is 0 Å². The van der Waals surface area contributed by atoms with Crippen LogP contribution in [0.1, 0.15) is 11.6 Å². The molecule has 0 unspecified atom stereocenters. The summed E-state index contributed by atoms with van der Waals surface area (Å²) < 4.78 is 0. The Morgan fingerprint density at radius 1 is 1.35 bits per heavy atom. The highest BCUT2D eigenvalue weighted by Crippen LogP contribution is 2.34. The molecule has 0 fully saturated rings. The Labute approximate surface area is 97.4 Å². The maximum absolute atomic E-state index is 11.9. The van der Waals surface area contributed by atoms with Crippen LogP contribution in [0.5, 0.6) is 0 Å². The number of anilines is 1. The first-order valence-corrected chi connectivity index (χ1v) is 4.99. The predicted molar refractivity (Wildman–Crippen MR) is 59.9 cm³/mol. The molecule has 0 bridgehead atoms. The Morgan fingerprint density at radius 3 is 2.65 bits per heavy atom. The third kappa shape index (κ3) is 1.73. The lowest BCUT2D eigenvalue weighted by Gasteiger charge is -2.11. The molecule has 1 atom stereocenters. The van der Waals surface area contributed by atoms with Crippen LogP contribution in [-0.4, -0.2) is 24.8 Å². The van der Waals surface area contributed by atoms with Gasteiger partial charge in [-0.1, -0.05) is 18.2 Å². The zero-order chi connectivity index (χ0) is 12.6. The van der Waals surface area contributed by atoms with Gasteiger partial charge in [0.2, 0.25) is 0 Å². The van der Waals surface area contributed by atoms with Crippen molar-refractivity contribution in [2.75, 3.05) is 11.9 Å². The molecular formula is C11H11N3O3. The molecular weight excluding hydrogens is 222 g/mol. The predicted octanol–water partition coefficient (Wildman–Crippen LogP) is -0.694. The van der Waals surface area contributed by atoms with E-state index in [9.17, 15) is 14.4 Å². The third-order valence-corrected chi connectivity index (χ3v) is 2.69. The molecule has 3 N–H and O–H groups in total. The van der Waals surface area contributed by atoms with Crippen molar-refractivity contribution in [2.45, 2.75) is 6.04 Å². The van der Waals surface area contributed by atoms with E-state index in [0.717, 1.165) is 0 Å². The molecule has 2 rings (SSSR count). The molecule has 1 aromatic carbocycles. The number of nitrogens with two attached hydrogens (primary N) is 1. The minimum Gasteiger partial charge on any atom is -0.361 e. The highest BCUT2D eigenvalue weighted by Gasteiger charge is 2.36. The van der Waals surface area contributed by atoms with E-state index in [1.54, 1.807) is 31.3 Å². The topological polar surface area (TPSA) is 92.5 Å². The summed E-state index contributed by atoms with van der Waals surface area (Å²) in [5, 5.41) is 2.31. The molecule has 88 valence electrons. The first-order chi connectivity index (χ1) is 8.02. The quantitative estimate of drug-likeness (QED) is 0.628. The number of hydrogen-bond acceptors (Lipinski definition) is 3. The molecule has 1 aliphatic rings. The molecule has 6 nitrogen and oxygen atoms in total. The number of nitrogens with one attached hydrogen (secondary N) is 1. The zero-order valence-corrected chi connectivity index (χ0v) is 9.14. The number of primary amides is 1. The number of carbonyl (C=O) groups is 3. The second-order valence-electron chi connectivity index (χ2n) is 3.73. The Balaban J connectivity index is 2.33. The van der Waals surface area contributed by atoms with Gasteiger partial charge in [-0.3, -0.25) is 14.4 Å². The van der Waals surface area contributed by atoms with Crippen molar-refractivity contribution in [3.63, 3.8) is 0 Å². The Kier molecular flexibility index (Phi) is 2.55. The number of likely N-dealkylation sites (N-methyl/N-ethyl adjacent to an activating group) is 1. The van der Waals surface area contributed by atoms with Crippen molar-refractivity contribution < 1.29 is 14.4 Å². The second kappa shape index (κ2) is 3.89. The summed E-state index contributed by atoms with van der Waals surface area (Å²) in [5.41, 5.74) is 6.22. The molecule has 3 amide bonds. The normalized spacial score (nSPS) is 17.8. The van der Waals surface area contributed by atoms with Crippen LogP contribution in [0.4, 0.5) is 5.69 Å². The van der Waals surface area contributed by atoms with Gasteiger partial charge in [-0.25, -0.2) is 0 Å². The number of carbonyl (C=O) groups excluding carboxylic acids is 3. The van der Waals surface area contributed by atoms with E-state index in [-0.39, 0.29) is 5.91 Å². The van der Waals surface area contributed by atoms with E-state index in [1.807, 2.05) is 0 Å². The fraction of sp³-hybridized carbons (Fsp3) is 0.182. The summed E-state index contributed by atoms with van der Waals surface area (Å²) in [6, 6.07) is 6.21. The summed E-state index contributed by atoms with van der Waals surface area (Å²) in [6.07, 6.45) is 0. The van der Waals surface area contributed by atoms with Crippen molar-refractivity contribution in [3.8, 4) is 0 Å². The van der Waals surface area contributed by atoms with E-state index in [1.165, 1.54) is 4.90 Å². The standard InChI is InChI=1S/C11H11N3O3/c1-14-7-5-3-2-4-6(7)8(11(14)17)13-10(16)9(12)15/h2-5,8H,1H3,(H2,12,15)(H,13,16)/t8-/m0/s1. The highest BCUT2D eigenvalue weighted by atomic mass is 16.2. The number of rotatable bonds is 1. The van der Waals surface area contributed by atoms with Crippen LogP contribution >= 0.6 is 0 Å². The van der Waals surface area contributed by atoms with Crippen molar-refractivity contribution in [1.29, 1.82) is 0 Å². The third-order valence-electron chi connectivity index (χ3n) is 2.69. The highest BCUT2D eigenvalue weighted by molar-refractivity contribution is 6.35. The number of fused-ring (bicyclic) bond motifs is 1. The van der Waals surface area contributed by atoms with Crippen LogP contribution in [0, 0.1) is 0 Å². The molecule has 1 aliphatic heterocycles. The van der Waals surface area contributed by atoms with Gasteiger partial charge in [-0.05, 0) is 6.07 Å². The van der Waals surface area contributed by atoms with Crippen LogP contribution in [0.2, 0.25) is 0 Å². The summed E-state index contributed by atoms with van der Waals surface area (Å²) in [6.45, 7) is 0. The number of para-hydroxylation sites is 1. The summed E-state index contributed by atoms with van der Waals surface area (Å²) in [5.74, 6) is -2.36. The van der Waals surface area contributed by atoms with Gasteiger partial charge in [0.1, 0.15) is 6.04 Å². The van der Waals surface area contributed by atoms with Crippen molar-refractivity contribution in [1.82, 2.24) is 5.32 Å². The summed E-state index contributed by atoms with van der Waals surface area (Å²) in [7, 11) is 1.61. The Hall–Kier alpha value is -2.37. The smallest absolute Gasteiger partial charge is 0.309 e. The van der Waals surface area contributed by atoms with Crippen LogP contribution in [0.15, 0.2) is 24.3 Å². The zero-order valence-electron chi connectivity index (χ0n) is 9.14. The molecule has 6 heteroatoms. The van der Waals surface area contributed by atoms with Crippen molar-refractivity contribution in [2.24, 2.45) is 5.73 Å². The second-order valence-corrected chi connectivity index (χ2v) is 3.73. The molecule has 0 aromatic heterocycles. The van der Waals surface area contributed by atoms with Crippen LogP contribution in [0.3, 0.4) is 0 Å². The minimum absolute atomic E-state index is 0.291. The monoisotopic (exact) mass is 233 g/mol. The average molecular weight is 233 g/mol. The summed E-state index contributed by atoms with van der Waals surface area (Å²) >= 11 is 0. The lowest BCUT2D eigenvalue weighted by Crippen LogP contribution is -2.41. The molecule has 17 heavy (non-hydrogen) atoms. The molecule has 0 radical (unpaired) electrons. The minimum atomic E-state index is -1.11. The van der Waals surface area contributed by atoms with Crippen LogP contribution < -0.4 is 16.0 Å². The first kappa shape index (κ1) is 11.1. The molecule has 0 saturated heterocycles. The number of benzene rings is 1. The average Bonchev–Trinajstić information content (AvgIpc) is 2.55. The fourth-order valence-corrected chi connectivity index (χ4v) is 1.82.